The van der Waals surface area contributed by atoms with Crippen LogP contribution in [0.4, 0.5) is 0 Å². The first-order chi connectivity index (χ1) is 11.8. The molecule has 24 heavy (non-hydrogen) atoms. The number of ether oxygens (including phenoxy) is 1. The van der Waals surface area contributed by atoms with Crippen molar-refractivity contribution in [2.45, 2.75) is 6.42 Å². The van der Waals surface area contributed by atoms with E-state index in [0.717, 1.165) is 29.6 Å². The molecule has 4 rings (SSSR count). The molecule has 122 valence electrons. The third-order valence-corrected chi connectivity index (χ3v) is 4.27. The van der Waals surface area contributed by atoms with Crippen molar-refractivity contribution in [3.8, 4) is 5.69 Å². The number of amides is 1. The number of nitrogens with one attached hydrogen (secondary N) is 1. The lowest BCUT2D eigenvalue weighted by atomic mass is 10.1. The van der Waals surface area contributed by atoms with Crippen molar-refractivity contribution in [1.82, 2.24) is 20.1 Å². The van der Waals surface area contributed by atoms with Crippen LogP contribution in [0.2, 0.25) is 0 Å². The summed E-state index contributed by atoms with van der Waals surface area (Å²) in [5.41, 5.74) is 2.16. The molecule has 1 unspecified atom stereocenters. The van der Waals surface area contributed by atoms with Gasteiger partial charge in [-0.3, -0.25) is 9.78 Å². The summed E-state index contributed by atoms with van der Waals surface area (Å²) in [6.45, 7) is 2.11. The van der Waals surface area contributed by atoms with Crippen LogP contribution in [0.15, 0.2) is 48.8 Å². The average Bonchev–Trinajstić information content (AvgIpc) is 3.28. The van der Waals surface area contributed by atoms with Gasteiger partial charge in [0, 0.05) is 30.7 Å². The number of hydrogen-bond donors (Lipinski definition) is 1. The van der Waals surface area contributed by atoms with Crippen molar-refractivity contribution in [2.24, 2.45) is 5.92 Å². The zero-order chi connectivity index (χ0) is 16.4. The van der Waals surface area contributed by atoms with Gasteiger partial charge >= 0.3 is 0 Å². The van der Waals surface area contributed by atoms with Gasteiger partial charge in [0.05, 0.1) is 24.0 Å². The van der Waals surface area contributed by atoms with Gasteiger partial charge in [0.2, 0.25) is 0 Å². The average molecular weight is 322 g/mol. The minimum atomic E-state index is -0.152. The second kappa shape index (κ2) is 6.41. The molecule has 1 amide bonds. The van der Waals surface area contributed by atoms with Crippen molar-refractivity contribution >= 4 is 16.8 Å². The molecule has 1 N–H and O–H groups in total. The van der Waals surface area contributed by atoms with Crippen molar-refractivity contribution in [1.29, 1.82) is 0 Å². The van der Waals surface area contributed by atoms with E-state index in [4.69, 9.17) is 4.74 Å². The minimum absolute atomic E-state index is 0.152. The molecule has 1 saturated heterocycles. The van der Waals surface area contributed by atoms with Gasteiger partial charge in [-0.05, 0) is 24.6 Å². The summed E-state index contributed by atoms with van der Waals surface area (Å²) in [5, 5.41) is 8.36. The summed E-state index contributed by atoms with van der Waals surface area (Å²) in [6, 6.07) is 11.5. The summed E-state index contributed by atoms with van der Waals surface area (Å²) in [5.74, 6) is 0.237. The monoisotopic (exact) mass is 322 g/mol. The van der Waals surface area contributed by atoms with Crippen molar-refractivity contribution in [3.63, 3.8) is 0 Å². The van der Waals surface area contributed by atoms with Gasteiger partial charge in [-0.2, -0.15) is 5.10 Å². The van der Waals surface area contributed by atoms with E-state index in [2.05, 4.69) is 15.4 Å². The third kappa shape index (κ3) is 2.76. The number of carbonyl (C=O) groups excluding carboxylic acids is 1. The largest absolute Gasteiger partial charge is 0.381 e. The summed E-state index contributed by atoms with van der Waals surface area (Å²) in [6.07, 6.45) is 4.44. The van der Waals surface area contributed by atoms with Gasteiger partial charge in [-0.25, -0.2) is 4.68 Å². The second-order valence-corrected chi connectivity index (χ2v) is 5.93. The highest BCUT2D eigenvalue weighted by molar-refractivity contribution is 6.05. The highest BCUT2D eigenvalue weighted by Gasteiger charge is 2.20. The normalized spacial score (nSPS) is 17.2. The van der Waals surface area contributed by atoms with Crippen molar-refractivity contribution in [2.75, 3.05) is 19.8 Å². The molecule has 6 heteroatoms. The van der Waals surface area contributed by atoms with Crippen LogP contribution < -0.4 is 5.32 Å². The van der Waals surface area contributed by atoms with Crippen LogP contribution in [-0.2, 0) is 4.74 Å². The molecule has 1 fully saturated rings. The van der Waals surface area contributed by atoms with Gasteiger partial charge in [0.15, 0.2) is 5.69 Å². The minimum Gasteiger partial charge on any atom is -0.381 e. The van der Waals surface area contributed by atoms with Crippen LogP contribution in [0, 0.1) is 5.92 Å². The van der Waals surface area contributed by atoms with Gasteiger partial charge in [0.1, 0.15) is 0 Å². The predicted octanol–water partition coefficient (Wildman–Crippen LogP) is 2.19. The molecule has 0 saturated carbocycles. The molecule has 6 nitrogen and oxygen atoms in total. The number of nitrogens with zero attached hydrogens (tertiary/aromatic N) is 3. The fourth-order valence-corrected chi connectivity index (χ4v) is 2.97. The fourth-order valence-electron chi connectivity index (χ4n) is 2.97. The second-order valence-electron chi connectivity index (χ2n) is 5.93. The molecule has 3 heterocycles. The highest BCUT2D eigenvalue weighted by atomic mass is 16.5. The quantitative estimate of drug-likeness (QED) is 0.799. The maximum absolute atomic E-state index is 12.6. The Balaban J connectivity index is 1.66. The Labute approximate surface area is 139 Å². The standard InChI is InChI=1S/C18H18N4O2/c23-18(20-10-13-7-9-24-12-13)17-15-5-1-2-6-16(15)22(21-17)14-4-3-8-19-11-14/h1-6,8,11,13H,7,9-10,12H2,(H,20,23). The Hall–Kier alpha value is -2.73. The maximum Gasteiger partial charge on any atom is 0.272 e. The lowest BCUT2D eigenvalue weighted by Crippen LogP contribution is -2.30. The van der Waals surface area contributed by atoms with Crippen LogP contribution in [0.1, 0.15) is 16.9 Å². The van der Waals surface area contributed by atoms with Crippen LogP contribution in [0.3, 0.4) is 0 Å². The Bertz CT molecular complexity index is 854. The molecule has 2 aromatic heterocycles. The lowest BCUT2D eigenvalue weighted by molar-refractivity contribution is 0.0941. The molecular weight excluding hydrogens is 304 g/mol. The first-order valence-corrected chi connectivity index (χ1v) is 8.07. The Kier molecular flexibility index (Phi) is 3.96. The molecule has 0 radical (unpaired) electrons. The molecule has 1 atom stereocenters. The summed E-state index contributed by atoms with van der Waals surface area (Å²) in [7, 11) is 0. The Morgan fingerprint density at radius 1 is 1.29 bits per heavy atom. The maximum atomic E-state index is 12.6. The zero-order valence-electron chi connectivity index (χ0n) is 13.2. The number of rotatable bonds is 4. The van der Waals surface area contributed by atoms with Crippen LogP contribution in [0.25, 0.3) is 16.6 Å². The molecule has 1 aliphatic rings. The molecule has 1 aliphatic heterocycles. The molecule has 0 bridgehead atoms. The van der Waals surface area contributed by atoms with E-state index in [-0.39, 0.29) is 5.91 Å². The number of pyridine rings is 1. The van der Waals surface area contributed by atoms with Crippen molar-refractivity contribution < 1.29 is 9.53 Å². The SMILES string of the molecule is O=C(NCC1CCOC1)c1nn(-c2cccnc2)c2ccccc12. The fraction of sp³-hybridized carbons (Fsp3) is 0.278. The van der Waals surface area contributed by atoms with Gasteiger partial charge in [0.25, 0.3) is 5.91 Å². The highest BCUT2D eigenvalue weighted by Crippen LogP contribution is 2.22. The predicted molar refractivity (Wildman–Crippen MR) is 90.1 cm³/mol. The van der Waals surface area contributed by atoms with E-state index < -0.39 is 0 Å². The number of aromatic nitrogens is 3. The van der Waals surface area contributed by atoms with E-state index >= 15 is 0 Å². The van der Waals surface area contributed by atoms with E-state index in [1.54, 1.807) is 17.1 Å². The molecule has 1 aromatic carbocycles. The number of fused-ring (bicyclic) bond motifs is 1. The summed E-state index contributed by atoms with van der Waals surface area (Å²) in [4.78, 5) is 16.8. The number of carbonyl (C=O) groups is 1. The van der Waals surface area contributed by atoms with E-state index in [1.165, 1.54) is 0 Å². The zero-order valence-corrected chi connectivity index (χ0v) is 13.2. The molecule has 0 aliphatic carbocycles. The summed E-state index contributed by atoms with van der Waals surface area (Å²) >= 11 is 0. The number of benzene rings is 1. The Morgan fingerprint density at radius 3 is 3.00 bits per heavy atom. The van der Waals surface area contributed by atoms with E-state index in [1.807, 2.05) is 36.4 Å². The van der Waals surface area contributed by atoms with Crippen LogP contribution >= 0.6 is 0 Å². The van der Waals surface area contributed by atoms with Gasteiger partial charge in [-0.15, -0.1) is 0 Å². The first-order valence-electron chi connectivity index (χ1n) is 8.07. The topological polar surface area (TPSA) is 69.0 Å². The van der Waals surface area contributed by atoms with E-state index in [9.17, 15) is 4.79 Å². The van der Waals surface area contributed by atoms with Crippen LogP contribution in [0.5, 0.6) is 0 Å². The van der Waals surface area contributed by atoms with E-state index in [0.29, 0.717) is 24.8 Å². The summed E-state index contributed by atoms with van der Waals surface area (Å²) < 4.78 is 7.11. The first kappa shape index (κ1) is 14.8. The van der Waals surface area contributed by atoms with Crippen molar-refractivity contribution in [3.05, 3.63) is 54.5 Å². The molecule has 3 aromatic rings. The Morgan fingerprint density at radius 2 is 2.21 bits per heavy atom. The van der Waals surface area contributed by atoms with Gasteiger partial charge in [-0.1, -0.05) is 18.2 Å². The van der Waals surface area contributed by atoms with Crippen LogP contribution in [-0.4, -0.2) is 40.4 Å². The van der Waals surface area contributed by atoms with Gasteiger partial charge < -0.3 is 10.1 Å². The molecule has 0 spiro atoms. The number of hydrogen-bond acceptors (Lipinski definition) is 4. The number of para-hydroxylation sites is 1. The smallest absolute Gasteiger partial charge is 0.272 e. The third-order valence-electron chi connectivity index (χ3n) is 4.27. The lowest BCUT2D eigenvalue weighted by Gasteiger charge is -2.08. The molecular formula is C18H18N4O2.